The maximum atomic E-state index is 12.1. The Morgan fingerprint density at radius 2 is 2.05 bits per heavy atom. The standard InChI is InChI=1S/C16H23N3O3/c1-3-16(4-2)10-18-15(22)14(16)19-13(21)8-6-11-5-7-12(20)17-9-11/h5,7,9,14H,3-4,6,8,10H2,1-2H3,(H,17,20)(H,18,22)(H,19,21). The van der Waals surface area contributed by atoms with Gasteiger partial charge < -0.3 is 15.6 Å². The van der Waals surface area contributed by atoms with Crippen LogP contribution in [0.1, 0.15) is 38.7 Å². The summed E-state index contributed by atoms with van der Waals surface area (Å²) in [6, 6.07) is 2.69. The first-order chi connectivity index (χ1) is 10.5. The van der Waals surface area contributed by atoms with E-state index in [1.54, 1.807) is 12.3 Å². The number of carbonyl (C=O) groups excluding carboxylic acids is 2. The summed E-state index contributed by atoms with van der Waals surface area (Å²) in [6.45, 7) is 4.70. The highest BCUT2D eigenvalue weighted by Crippen LogP contribution is 2.34. The molecule has 1 fully saturated rings. The molecule has 2 heterocycles. The van der Waals surface area contributed by atoms with Crippen LogP contribution in [0.2, 0.25) is 0 Å². The van der Waals surface area contributed by atoms with Crippen molar-refractivity contribution >= 4 is 11.8 Å². The molecule has 0 radical (unpaired) electrons. The number of hydrogen-bond donors (Lipinski definition) is 3. The van der Waals surface area contributed by atoms with Crippen molar-refractivity contribution < 1.29 is 9.59 Å². The number of pyridine rings is 1. The minimum atomic E-state index is -0.453. The van der Waals surface area contributed by atoms with Gasteiger partial charge in [0.25, 0.3) is 0 Å². The van der Waals surface area contributed by atoms with Gasteiger partial charge in [-0.25, -0.2) is 0 Å². The zero-order valence-corrected chi connectivity index (χ0v) is 13.1. The first-order valence-electron chi connectivity index (χ1n) is 7.75. The third-order valence-electron chi connectivity index (χ3n) is 4.69. The second-order valence-corrected chi connectivity index (χ2v) is 5.85. The van der Waals surface area contributed by atoms with Crippen molar-refractivity contribution in [3.63, 3.8) is 0 Å². The smallest absolute Gasteiger partial charge is 0.247 e. The molecule has 6 nitrogen and oxygen atoms in total. The van der Waals surface area contributed by atoms with Crippen LogP contribution in [0.4, 0.5) is 0 Å². The van der Waals surface area contributed by atoms with Gasteiger partial charge in [-0.05, 0) is 24.8 Å². The molecule has 0 aromatic carbocycles. The molecule has 1 saturated heterocycles. The molecular formula is C16H23N3O3. The van der Waals surface area contributed by atoms with Crippen LogP contribution in [0.5, 0.6) is 0 Å². The molecule has 1 aromatic heterocycles. The van der Waals surface area contributed by atoms with E-state index in [1.165, 1.54) is 6.07 Å². The van der Waals surface area contributed by atoms with E-state index < -0.39 is 6.04 Å². The molecule has 1 aliphatic rings. The number of carbonyl (C=O) groups is 2. The molecule has 1 aromatic rings. The van der Waals surface area contributed by atoms with Crippen LogP contribution in [-0.2, 0) is 16.0 Å². The zero-order chi connectivity index (χ0) is 16.2. The second kappa shape index (κ2) is 6.77. The lowest BCUT2D eigenvalue weighted by Gasteiger charge is -2.31. The van der Waals surface area contributed by atoms with E-state index in [-0.39, 0.29) is 22.8 Å². The van der Waals surface area contributed by atoms with Gasteiger partial charge >= 0.3 is 0 Å². The Hall–Kier alpha value is -2.11. The summed E-state index contributed by atoms with van der Waals surface area (Å²) in [5.41, 5.74) is 0.541. The fourth-order valence-corrected chi connectivity index (χ4v) is 2.96. The summed E-state index contributed by atoms with van der Waals surface area (Å²) < 4.78 is 0. The average Bonchev–Trinajstić information content (AvgIpc) is 2.84. The summed E-state index contributed by atoms with van der Waals surface area (Å²) in [6.07, 6.45) is 4.11. The van der Waals surface area contributed by atoms with Crippen molar-refractivity contribution in [2.45, 2.75) is 45.6 Å². The molecule has 1 atom stereocenters. The lowest BCUT2D eigenvalue weighted by Crippen LogP contribution is -2.48. The van der Waals surface area contributed by atoms with E-state index in [2.05, 4.69) is 15.6 Å². The molecule has 22 heavy (non-hydrogen) atoms. The average molecular weight is 305 g/mol. The van der Waals surface area contributed by atoms with Crippen molar-refractivity contribution in [1.82, 2.24) is 15.6 Å². The zero-order valence-electron chi connectivity index (χ0n) is 13.1. The van der Waals surface area contributed by atoms with Gasteiger partial charge in [-0.2, -0.15) is 0 Å². The van der Waals surface area contributed by atoms with Crippen LogP contribution in [0, 0.1) is 5.41 Å². The van der Waals surface area contributed by atoms with Gasteiger partial charge in [0.05, 0.1) is 0 Å². The van der Waals surface area contributed by atoms with Crippen LogP contribution >= 0.6 is 0 Å². The van der Waals surface area contributed by atoms with Crippen LogP contribution in [0.15, 0.2) is 23.1 Å². The van der Waals surface area contributed by atoms with E-state index in [0.29, 0.717) is 19.4 Å². The number of hydrogen-bond acceptors (Lipinski definition) is 3. The normalized spacial score (nSPS) is 19.7. The molecule has 0 bridgehead atoms. The summed E-state index contributed by atoms with van der Waals surface area (Å²) in [4.78, 5) is 37.7. The summed E-state index contributed by atoms with van der Waals surface area (Å²) >= 11 is 0. The van der Waals surface area contributed by atoms with Gasteiger partial charge in [0.1, 0.15) is 6.04 Å². The van der Waals surface area contributed by atoms with Gasteiger partial charge in [0.15, 0.2) is 0 Å². The molecule has 0 spiro atoms. The number of aryl methyl sites for hydroxylation is 1. The fourth-order valence-electron chi connectivity index (χ4n) is 2.96. The highest BCUT2D eigenvalue weighted by molar-refractivity contribution is 5.90. The number of aromatic amines is 1. The predicted octanol–water partition coefficient (Wildman–Crippen LogP) is 0.729. The van der Waals surface area contributed by atoms with Crippen LogP contribution < -0.4 is 16.2 Å². The molecule has 0 saturated carbocycles. The van der Waals surface area contributed by atoms with Crippen LogP contribution in [0.3, 0.4) is 0 Å². The first-order valence-corrected chi connectivity index (χ1v) is 7.75. The maximum absolute atomic E-state index is 12.1. The number of amides is 2. The lowest BCUT2D eigenvalue weighted by atomic mass is 9.77. The van der Waals surface area contributed by atoms with Gasteiger partial charge in [0.2, 0.25) is 17.4 Å². The van der Waals surface area contributed by atoms with E-state index in [4.69, 9.17) is 0 Å². The van der Waals surface area contributed by atoms with E-state index in [9.17, 15) is 14.4 Å². The lowest BCUT2D eigenvalue weighted by molar-refractivity contribution is -0.128. The van der Waals surface area contributed by atoms with Gasteiger partial charge in [-0.1, -0.05) is 19.9 Å². The van der Waals surface area contributed by atoms with Crippen LogP contribution in [-0.4, -0.2) is 29.4 Å². The molecular weight excluding hydrogens is 282 g/mol. The van der Waals surface area contributed by atoms with Crippen molar-refractivity contribution in [1.29, 1.82) is 0 Å². The highest BCUT2D eigenvalue weighted by atomic mass is 16.2. The fraction of sp³-hybridized carbons (Fsp3) is 0.562. The Balaban J connectivity index is 1.94. The van der Waals surface area contributed by atoms with Gasteiger partial charge in [-0.15, -0.1) is 0 Å². The molecule has 3 N–H and O–H groups in total. The van der Waals surface area contributed by atoms with Gasteiger partial charge in [-0.3, -0.25) is 14.4 Å². The van der Waals surface area contributed by atoms with Gasteiger partial charge in [0, 0.05) is 30.6 Å². The molecule has 120 valence electrons. The third kappa shape index (κ3) is 3.37. The largest absolute Gasteiger partial charge is 0.354 e. The Morgan fingerprint density at radius 3 is 2.64 bits per heavy atom. The molecule has 6 heteroatoms. The number of H-pyrrole nitrogens is 1. The maximum Gasteiger partial charge on any atom is 0.247 e. The van der Waals surface area contributed by atoms with Crippen molar-refractivity contribution in [2.75, 3.05) is 6.54 Å². The molecule has 1 aliphatic heterocycles. The Kier molecular flexibility index (Phi) is 5.00. The Bertz CT molecular complexity index is 584. The molecule has 2 amide bonds. The summed E-state index contributed by atoms with van der Waals surface area (Å²) in [5, 5.41) is 5.73. The number of rotatable bonds is 6. The second-order valence-electron chi connectivity index (χ2n) is 5.85. The number of aromatic nitrogens is 1. The Labute approximate surface area is 129 Å². The van der Waals surface area contributed by atoms with Crippen molar-refractivity contribution in [3.05, 3.63) is 34.2 Å². The third-order valence-corrected chi connectivity index (χ3v) is 4.69. The summed E-state index contributed by atoms with van der Waals surface area (Å²) in [5.74, 6) is -0.236. The first kappa shape index (κ1) is 16.3. The molecule has 2 rings (SSSR count). The molecule has 1 unspecified atom stereocenters. The monoisotopic (exact) mass is 305 g/mol. The van der Waals surface area contributed by atoms with E-state index in [0.717, 1.165) is 18.4 Å². The van der Waals surface area contributed by atoms with Crippen LogP contribution in [0.25, 0.3) is 0 Å². The van der Waals surface area contributed by atoms with E-state index in [1.807, 2.05) is 13.8 Å². The highest BCUT2D eigenvalue weighted by Gasteiger charge is 2.46. The summed E-state index contributed by atoms with van der Waals surface area (Å²) in [7, 11) is 0. The topological polar surface area (TPSA) is 91.1 Å². The minimum absolute atomic E-state index is 0.0962. The Morgan fingerprint density at radius 1 is 1.32 bits per heavy atom. The SMILES string of the molecule is CCC1(CC)CNC(=O)C1NC(=O)CCc1ccc(=O)[nH]c1. The molecule has 0 aliphatic carbocycles. The number of nitrogens with one attached hydrogen (secondary N) is 3. The predicted molar refractivity (Wildman–Crippen MR) is 83.3 cm³/mol. The van der Waals surface area contributed by atoms with Crippen molar-refractivity contribution in [2.24, 2.45) is 5.41 Å². The van der Waals surface area contributed by atoms with E-state index >= 15 is 0 Å². The quantitative estimate of drug-likeness (QED) is 0.723. The minimum Gasteiger partial charge on any atom is -0.354 e. The van der Waals surface area contributed by atoms with Crippen molar-refractivity contribution in [3.8, 4) is 0 Å².